The van der Waals surface area contributed by atoms with Crippen LogP contribution in [-0.4, -0.2) is 26.2 Å². The Hall–Kier alpha value is -0.0800. The van der Waals surface area contributed by atoms with E-state index in [4.69, 9.17) is 0 Å². The van der Waals surface area contributed by atoms with Gasteiger partial charge in [-0.15, -0.1) is 0 Å². The highest BCUT2D eigenvalue weighted by atomic mass is 14.9. The van der Waals surface area contributed by atoms with Gasteiger partial charge in [0, 0.05) is 13.1 Å². The van der Waals surface area contributed by atoms with E-state index in [1.54, 1.807) is 0 Å². The van der Waals surface area contributed by atoms with Crippen molar-refractivity contribution in [1.82, 2.24) is 10.6 Å². The van der Waals surface area contributed by atoms with Gasteiger partial charge in [0.25, 0.3) is 0 Å². The molecule has 0 atom stereocenters. The van der Waals surface area contributed by atoms with E-state index < -0.39 is 0 Å². The summed E-state index contributed by atoms with van der Waals surface area (Å²) in [4.78, 5) is 0. The minimum atomic E-state index is 0.764. The molecule has 1 aliphatic carbocycles. The van der Waals surface area contributed by atoms with Crippen molar-refractivity contribution in [3.05, 3.63) is 0 Å². The first-order chi connectivity index (χ1) is 8.29. The van der Waals surface area contributed by atoms with Crippen molar-refractivity contribution < 1.29 is 0 Å². The molecule has 0 radical (unpaired) electrons. The average Bonchev–Trinajstić information content (AvgIpc) is 2.25. The lowest BCUT2D eigenvalue weighted by molar-refractivity contribution is 0.360. The molecule has 1 aliphatic rings. The Morgan fingerprint density at radius 3 is 2.12 bits per heavy atom. The summed E-state index contributed by atoms with van der Waals surface area (Å²) in [5.41, 5.74) is 0. The van der Waals surface area contributed by atoms with Crippen molar-refractivity contribution in [2.45, 2.75) is 58.8 Å². The second-order valence-electron chi connectivity index (χ2n) is 6.01. The van der Waals surface area contributed by atoms with Crippen molar-refractivity contribution in [1.29, 1.82) is 0 Å². The SMILES string of the molecule is CC(C)CNCCNCC1CCCCCCC1. The molecule has 1 rings (SSSR count). The van der Waals surface area contributed by atoms with Gasteiger partial charge in [-0.05, 0) is 37.8 Å². The molecule has 0 aromatic rings. The molecule has 0 amide bonds. The summed E-state index contributed by atoms with van der Waals surface area (Å²) >= 11 is 0. The van der Waals surface area contributed by atoms with E-state index >= 15 is 0 Å². The highest BCUT2D eigenvalue weighted by Gasteiger charge is 2.10. The molecule has 0 aromatic carbocycles. The maximum absolute atomic E-state index is 3.61. The maximum atomic E-state index is 3.61. The van der Waals surface area contributed by atoms with Crippen molar-refractivity contribution >= 4 is 0 Å². The van der Waals surface area contributed by atoms with Crippen LogP contribution in [0.3, 0.4) is 0 Å². The van der Waals surface area contributed by atoms with Gasteiger partial charge < -0.3 is 10.6 Å². The van der Waals surface area contributed by atoms with E-state index in [9.17, 15) is 0 Å². The summed E-state index contributed by atoms with van der Waals surface area (Å²) in [6.07, 6.45) is 10.2. The third-order valence-corrected chi connectivity index (χ3v) is 3.69. The summed E-state index contributed by atoms with van der Waals surface area (Å²) in [5, 5.41) is 7.10. The molecular weight excluding hydrogens is 208 g/mol. The minimum Gasteiger partial charge on any atom is -0.315 e. The molecule has 0 bridgehead atoms. The molecule has 0 spiro atoms. The van der Waals surface area contributed by atoms with Gasteiger partial charge in [-0.1, -0.05) is 46.0 Å². The maximum Gasteiger partial charge on any atom is 0.00768 e. The van der Waals surface area contributed by atoms with Crippen LogP contribution in [-0.2, 0) is 0 Å². The van der Waals surface area contributed by atoms with Crippen molar-refractivity contribution in [2.24, 2.45) is 11.8 Å². The molecule has 1 saturated carbocycles. The van der Waals surface area contributed by atoms with Gasteiger partial charge in [0.15, 0.2) is 0 Å². The predicted octanol–water partition coefficient (Wildman–Crippen LogP) is 3.18. The van der Waals surface area contributed by atoms with Gasteiger partial charge in [-0.25, -0.2) is 0 Å². The van der Waals surface area contributed by atoms with Gasteiger partial charge in [-0.3, -0.25) is 0 Å². The zero-order chi connectivity index (χ0) is 12.3. The minimum absolute atomic E-state index is 0.764. The highest BCUT2D eigenvalue weighted by molar-refractivity contribution is 4.66. The van der Waals surface area contributed by atoms with E-state index in [0.717, 1.165) is 31.5 Å². The Labute approximate surface area is 108 Å². The van der Waals surface area contributed by atoms with Crippen LogP contribution in [0.5, 0.6) is 0 Å². The molecule has 17 heavy (non-hydrogen) atoms. The van der Waals surface area contributed by atoms with Crippen LogP contribution in [0, 0.1) is 11.8 Å². The van der Waals surface area contributed by atoms with Crippen LogP contribution < -0.4 is 10.6 Å². The standard InChI is InChI=1S/C15H32N2/c1-14(2)12-16-10-11-17-13-15-8-6-4-3-5-7-9-15/h14-17H,3-13H2,1-2H3. The van der Waals surface area contributed by atoms with E-state index in [2.05, 4.69) is 24.5 Å². The Morgan fingerprint density at radius 2 is 1.47 bits per heavy atom. The summed E-state index contributed by atoms with van der Waals surface area (Å²) in [5.74, 6) is 1.71. The second kappa shape index (κ2) is 9.90. The Balaban J connectivity index is 1.93. The first kappa shape index (κ1) is 15.0. The fourth-order valence-electron chi connectivity index (χ4n) is 2.62. The summed E-state index contributed by atoms with van der Waals surface area (Å²) in [7, 11) is 0. The molecule has 2 N–H and O–H groups in total. The summed E-state index contributed by atoms with van der Waals surface area (Å²) in [6.45, 7) is 9.15. The largest absolute Gasteiger partial charge is 0.315 e. The monoisotopic (exact) mass is 240 g/mol. The first-order valence-electron chi connectivity index (χ1n) is 7.70. The zero-order valence-corrected chi connectivity index (χ0v) is 11.9. The van der Waals surface area contributed by atoms with Crippen molar-refractivity contribution in [2.75, 3.05) is 26.2 Å². The molecule has 0 aliphatic heterocycles. The van der Waals surface area contributed by atoms with Gasteiger partial charge in [0.05, 0.1) is 0 Å². The third kappa shape index (κ3) is 8.62. The van der Waals surface area contributed by atoms with Crippen molar-refractivity contribution in [3.63, 3.8) is 0 Å². The van der Waals surface area contributed by atoms with Gasteiger partial charge >= 0.3 is 0 Å². The van der Waals surface area contributed by atoms with Crippen LogP contribution in [0.25, 0.3) is 0 Å². The molecule has 102 valence electrons. The molecule has 0 unspecified atom stereocenters. The first-order valence-corrected chi connectivity index (χ1v) is 7.70. The highest BCUT2D eigenvalue weighted by Crippen LogP contribution is 2.21. The zero-order valence-electron chi connectivity index (χ0n) is 11.9. The quantitative estimate of drug-likeness (QED) is 0.668. The van der Waals surface area contributed by atoms with Gasteiger partial charge in [0.2, 0.25) is 0 Å². The van der Waals surface area contributed by atoms with Crippen molar-refractivity contribution in [3.8, 4) is 0 Å². The van der Waals surface area contributed by atoms with Crippen LogP contribution in [0.15, 0.2) is 0 Å². The smallest absolute Gasteiger partial charge is 0.00768 e. The topological polar surface area (TPSA) is 24.1 Å². The lowest BCUT2D eigenvalue weighted by atomic mass is 9.91. The number of nitrogens with one attached hydrogen (secondary N) is 2. The van der Waals surface area contributed by atoms with E-state index in [0.29, 0.717) is 0 Å². The van der Waals surface area contributed by atoms with E-state index in [-0.39, 0.29) is 0 Å². The number of hydrogen-bond donors (Lipinski definition) is 2. The lowest BCUT2D eigenvalue weighted by Crippen LogP contribution is -2.32. The third-order valence-electron chi connectivity index (χ3n) is 3.69. The number of hydrogen-bond acceptors (Lipinski definition) is 2. The van der Waals surface area contributed by atoms with Crippen LogP contribution in [0.1, 0.15) is 58.8 Å². The summed E-state index contributed by atoms with van der Waals surface area (Å²) < 4.78 is 0. The molecule has 2 heteroatoms. The average molecular weight is 240 g/mol. The summed E-state index contributed by atoms with van der Waals surface area (Å²) in [6, 6.07) is 0. The molecule has 0 heterocycles. The molecule has 2 nitrogen and oxygen atoms in total. The van der Waals surface area contributed by atoms with E-state index in [1.165, 1.54) is 51.5 Å². The Kier molecular flexibility index (Phi) is 8.72. The number of rotatable bonds is 7. The Bertz CT molecular complexity index is 160. The van der Waals surface area contributed by atoms with Crippen LogP contribution >= 0.6 is 0 Å². The Morgan fingerprint density at radius 1 is 0.882 bits per heavy atom. The molecule has 0 saturated heterocycles. The second-order valence-corrected chi connectivity index (χ2v) is 6.01. The molecular formula is C15H32N2. The van der Waals surface area contributed by atoms with E-state index in [1.807, 2.05) is 0 Å². The fraction of sp³-hybridized carbons (Fsp3) is 1.00. The fourth-order valence-corrected chi connectivity index (χ4v) is 2.62. The lowest BCUT2D eigenvalue weighted by Gasteiger charge is -2.20. The predicted molar refractivity (Wildman–Crippen MR) is 76.4 cm³/mol. The van der Waals surface area contributed by atoms with Crippen LogP contribution in [0.4, 0.5) is 0 Å². The van der Waals surface area contributed by atoms with Gasteiger partial charge in [-0.2, -0.15) is 0 Å². The van der Waals surface area contributed by atoms with Crippen LogP contribution in [0.2, 0.25) is 0 Å². The van der Waals surface area contributed by atoms with Gasteiger partial charge in [0.1, 0.15) is 0 Å². The molecule has 0 aromatic heterocycles. The normalized spacial score (nSPS) is 19.2. The molecule has 1 fully saturated rings.